The van der Waals surface area contributed by atoms with Crippen LogP contribution in [0.2, 0.25) is 5.02 Å². The zero-order valence-electron chi connectivity index (χ0n) is 14.7. The number of carbonyl (C=O) groups excluding carboxylic acids is 1. The van der Waals surface area contributed by atoms with E-state index in [0.717, 1.165) is 12.3 Å². The fourth-order valence-electron chi connectivity index (χ4n) is 2.60. The standard InChI is InChI=1S/C15H22ClN3O5S2/c1-10(2)17-15(20)18-11-6-7-19(9-11)26(23,24)14-8-12(25(3,21)22)4-5-13(14)16/h4-5,8,10-11H,6-7,9H2,1-3H3,(H2,17,18,20). The highest BCUT2D eigenvalue weighted by Crippen LogP contribution is 2.29. The minimum atomic E-state index is -3.98. The van der Waals surface area contributed by atoms with E-state index in [1.807, 2.05) is 13.8 Å². The van der Waals surface area contributed by atoms with E-state index >= 15 is 0 Å². The number of urea groups is 1. The van der Waals surface area contributed by atoms with Crippen molar-refractivity contribution in [1.82, 2.24) is 14.9 Å². The molecular formula is C15H22ClN3O5S2. The number of amides is 2. The summed E-state index contributed by atoms with van der Waals surface area (Å²) in [4.78, 5) is 11.4. The van der Waals surface area contributed by atoms with Crippen LogP contribution in [0, 0.1) is 0 Å². The monoisotopic (exact) mass is 423 g/mol. The van der Waals surface area contributed by atoms with Gasteiger partial charge in [0, 0.05) is 31.4 Å². The van der Waals surface area contributed by atoms with Crippen molar-refractivity contribution in [1.29, 1.82) is 0 Å². The largest absolute Gasteiger partial charge is 0.336 e. The molecule has 1 fully saturated rings. The fourth-order valence-corrected chi connectivity index (χ4v) is 5.33. The van der Waals surface area contributed by atoms with Gasteiger partial charge in [-0.15, -0.1) is 0 Å². The summed E-state index contributed by atoms with van der Waals surface area (Å²) in [5.74, 6) is 0. The molecule has 0 spiro atoms. The summed E-state index contributed by atoms with van der Waals surface area (Å²) in [7, 11) is -7.55. The van der Waals surface area contributed by atoms with Crippen molar-refractivity contribution in [3.8, 4) is 0 Å². The number of hydrogen-bond donors (Lipinski definition) is 2. The SMILES string of the molecule is CC(C)NC(=O)NC1CCN(S(=O)(=O)c2cc(S(C)(=O)=O)ccc2Cl)C1. The van der Waals surface area contributed by atoms with Gasteiger partial charge in [-0.1, -0.05) is 11.6 Å². The zero-order chi connectivity index (χ0) is 19.7. The number of nitrogens with zero attached hydrogens (tertiary/aromatic N) is 1. The van der Waals surface area contributed by atoms with E-state index in [-0.39, 0.29) is 46.0 Å². The normalized spacial score (nSPS) is 18.9. The molecule has 2 amide bonds. The Labute approximate surface area is 158 Å². The number of halogens is 1. The van der Waals surface area contributed by atoms with Crippen molar-refractivity contribution in [3.63, 3.8) is 0 Å². The highest BCUT2D eigenvalue weighted by molar-refractivity contribution is 7.91. The van der Waals surface area contributed by atoms with Gasteiger partial charge in [0.05, 0.1) is 9.92 Å². The molecule has 2 N–H and O–H groups in total. The maximum Gasteiger partial charge on any atom is 0.315 e. The predicted molar refractivity (Wildman–Crippen MR) is 98.5 cm³/mol. The molecule has 1 atom stereocenters. The van der Waals surface area contributed by atoms with Crippen LogP contribution in [0.4, 0.5) is 4.79 Å². The van der Waals surface area contributed by atoms with Gasteiger partial charge >= 0.3 is 6.03 Å². The van der Waals surface area contributed by atoms with Gasteiger partial charge in [-0.3, -0.25) is 0 Å². The van der Waals surface area contributed by atoms with Gasteiger partial charge in [0.15, 0.2) is 9.84 Å². The molecule has 0 aromatic heterocycles. The Kier molecular flexibility index (Phi) is 6.21. The molecule has 0 aliphatic carbocycles. The quantitative estimate of drug-likeness (QED) is 0.739. The third kappa shape index (κ3) is 4.87. The van der Waals surface area contributed by atoms with Crippen molar-refractivity contribution in [2.24, 2.45) is 0 Å². The van der Waals surface area contributed by atoms with Crippen molar-refractivity contribution < 1.29 is 21.6 Å². The molecule has 0 bridgehead atoms. The lowest BCUT2D eigenvalue weighted by molar-refractivity contribution is 0.235. The minimum Gasteiger partial charge on any atom is -0.336 e. The Morgan fingerprint density at radius 2 is 1.92 bits per heavy atom. The van der Waals surface area contributed by atoms with E-state index in [9.17, 15) is 21.6 Å². The lowest BCUT2D eigenvalue weighted by Crippen LogP contribution is -2.45. The smallest absolute Gasteiger partial charge is 0.315 e. The number of nitrogens with one attached hydrogen (secondary N) is 2. The first kappa shape index (κ1) is 20.9. The second-order valence-electron chi connectivity index (χ2n) is 6.49. The summed E-state index contributed by atoms with van der Waals surface area (Å²) in [5, 5.41) is 5.36. The van der Waals surface area contributed by atoms with Gasteiger partial charge in [0.2, 0.25) is 10.0 Å². The van der Waals surface area contributed by atoms with E-state index < -0.39 is 19.9 Å². The number of carbonyl (C=O) groups is 1. The van der Waals surface area contributed by atoms with E-state index in [4.69, 9.17) is 11.6 Å². The average molecular weight is 424 g/mol. The number of benzene rings is 1. The Morgan fingerprint density at radius 1 is 1.27 bits per heavy atom. The third-order valence-electron chi connectivity index (χ3n) is 3.85. The van der Waals surface area contributed by atoms with Gasteiger partial charge in [0.25, 0.3) is 0 Å². The second-order valence-corrected chi connectivity index (χ2v) is 10.8. The lowest BCUT2D eigenvalue weighted by atomic mass is 10.3. The maximum atomic E-state index is 12.9. The van der Waals surface area contributed by atoms with E-state index in [1.165, 1.54) is 16.4 Å². The Balaban J connectivity index is 2.20. The molecular weight excluding hydrogens is 402 g/mol. The molecule has 1 aliphatic rings. The predicted octanol–water partition coefficient (Wildman–Crippen LogP) is 1.21. The van der Waals surface area contributed by atoms with Crippen molar-refractivity contribution in [2.45, 2.75) is 42.1 Å². The van der Waals surface area contributed by atoms with E-state index in [0.29, 0.717) is 6.42 Å². The van der Waals surface area contributed by atoms with Gasteiger partial charge in [-0.2, -0.15) is 4.31 Å². The Morgan fingerprint density at radius 3 is 2.50 bits per heavy atom. The van der Waals surface area contributed by atoms with Crippen molar-refractivity contribution >= 4 is 37.5 Å². The first-order valence-electron chi connectivity index (χ1n) is 7.98. The Hall–Kier alpha value is -1.36. The number of rotatable bonds is 5. The van der Waals surface area contributed by atoms with Crippen LogP contribution in [0.5, 0.6) is 0 Å². The molecule has 26 heavy (non-hydrogen) atoms. The molecule has 1 saturated heterocycles. The van der Waals surface area contributed by atoms with Crippen LogP contribution < -0.4 is 10.6 Å². The molecule has 1 heterocycles. The van der Waals surface area contributed by atoms with Crippen LogP contribution in [0.3, 0.4) is 0 Å². The van der Waals surface area contributed by atoms with E-state index in [1.54, 1.807) is 0 Å². The molecule has 1 aromatic rings. The highest BCUT2D eigenvalue weighted by atomic mass is 35.5. The molecule has 2 rings (SSSR count). The fraction of sp³-hybridized carbons (Fsp3) is 0.533. The number of sulfone groups is 1. The molecule has 146 valence electrons. The molecule has 11 heteroatoms. The van der Waals surface area contributed by atoms with Crippen molar-refractivity contribution in [2.75, 3.05) is 19.3 Å². The summed E-state index contributed by atoms with van der Waals surface area (Å²) in [6, 6.07) is 2.86. The van der Waals surface area contributed by atoms with Gasteiger partial charge in [-0.25, -0.2) is 21.6 Å². The molecule has 0 radical (unpaired) electrons. The second kappa shape index (κ2) is 7.71. The molecule has 1 unspecified atom stereocenters. The number of hydrogen-bond acceptors (Lipinski definition) is 5. The van der Waals surface area contributed by atoms with Crippen LogP contribution in [-0.2, 0) is 19.9 Å². The zero-order valence-corrected chi connectivity index (χ0v) is 17.1. The van der Waals surface area contributed by atoms with Gasteiger partial charge < -0.3 is 10.6 Å². The Bertz CT molecular complexity index is 900. The molecule has 0 saturated carbocycles. The van der Waals surface area contributed by atoms with Gasteiger partial charge in [-0.05, 0) is 38.5 Å². The summed E-state index contributed by atoms with van der Waals surface area (Å²) in [6.07, 6.45) is 1.45. The van der Waals surface area contributed by atoms with Crippen LogP contribution >= 0.6 is 11.6 Å². The summed E-state index contributed by atoms with van der Waals surface area (Å²) >= 11 is 6.01. The highest BCUT2D eigenvalue weighted by Gasteiger charge is 2.35. The minimum absolute atomic E-state index is 0.0335. The van der Waals surface area contributed by atoms with E-state index in [2.05, 4.69) is 10.6 Å². The molecule has 8 nitrogen and oxygen atoms in total. The third-order valence-corrected chi connectivity index (χ3v) is 7.31. The van der Waals surface area contributed by atoms with Gasteiger partial charge in [0.1, 0.15) is 4.90 Å². The maximum absolute atomic E-state index is 12.9. The first-order valence-corrected chi connectivity index (χ1v) is 11.7. The topological polar surface area (TPSA) is 113 Å². The van der Waals surface area contributed by atoms with Crippen LogP contribution in [0.25, 0.3) is 0 Å². The summed E-state index contributed by atoms with van der Waals surface area (Å²) in [6.45, 7) is 3.94. The van der Waals surface area contributed by atoms with Crippen LogP contribution in [-0.4, -0.2) is 58.6 Å². The van der Waals surface area contributed by atoms with Crippen molar-refractivity contribution in [3.05, 3.63) is 23.2 Å². The summed E-state index contributed by atoms with van der Waals surface area (Å²) in [5.41, 5.74) is 0. The molecule has 1 aromatic carbocycles. The molecule has 1 aliphatic heterocycles. The van der Waals surface area contributed by atoms with Crippen LogP contribution in [0.1, 0.15) is 20.3 Å². The average Bonchev–Trinajstić information content (AvgIpc) is 2.94. The van der Waals surface area contributed by atoms with Crippen LogP contribution in [0.15, 0.2) is 28.0 Å². The number of sulfonamides is 1. The first-order chi connectivity index (χ1) is 11.9. The lowest BCUT2D eigenvalue weighted by Gasteiger charge is -2.19. The summed E-state index contributed by atoms with van der Waals surface area (Å²) < 4.78 is 50.3.